The molecule has 0 unspecified atom stereocenters. The van der Waals surface area contributed by atoms with E-state index < -0.39 is 29.4 Å². The number of carbonyl (C=O) groups excluding carboxylic acids is 2. The second-order valence-electron chi connectivity index (χ2n) is 7.40. The van der Waals surface area contributed by atoms with E-state index in [4.69, 9.17) is 4.74 Å². The Morgan fingerprint density at radius 1 is 1.22 bits per heavy atom. The van der Waals surface area contributed by atoms with Gasteiger partial charge in [-0.25, -0.2) is 9.78 Å². The number of piperidine rings is 1. The van der Waals surface area contributed by atoms with E-state index in [1.807, 2.05) is 10.9 Å². The first kappa shape index (κ1) is 21.8. The summed E-state index contributed by atoms with van der Waals surface area (Å²) in [6.07, 6.45) is -1.05. The molecule has 1 aliphatic rings. The third-order valence-electron chi connectivity index (χ3n) is 5.27. The van der Waals surface area contributed by atoms with Crippen LogP contribution in [0.3, 0.4) is 0 Å². The van der Waals surface area contributed by atoms with Crippen LogP contribution in [0.25, 0.3) is 10.9 Å². The van der Waals surface area contributed by atoms with Crippen molar-refractivity contribution in [1.82, 2.24) is 20.1 Å². The van der Waals surface area contributed by atoms with Crippen LogP contribution in [0.5, 0.6) is 0 Å². The van der Waals surface area contributed by atoms with Gasteiger partial charge in [-0.3, -0.25) is 9.48 Å². The summed E-state index contributed by atoms with van der Waals surface area (Å²) in [6, 6.07) is 6.29. The van der Waals surface area contributed by atoms with E-state index in [0.717, 1.165) is 44.1 Å². The first-order chi connectivity index (χ1) is 15.3. The van der Waals surface area contributed by atoms with Gasteiger partial charge in [0, 0.05) is 11.6 Å². The highest BCUT2D eigenvalue weighted by molar-refractivity contribution is 6.09. The molecule has 0 radical (unpaired) electrons. The lowest BCUT2D eigenvalue weighted by molar-refractivity contribution is -0.141. The Morgan fingerprint density at radius 2 is 1.97 bits per heavy atom. The average molecular weight is 447 g/mol. The van der Waals surface area contributed by atoms with E-state index in [1.54, 1.807) is 6.07 Å². The maximum Gasteiger partial charge on any atom is 0.433 e. The fraction of sp³-hybridized carbons (Fsp3) is 0.333. The van der Waals surface area contributed by atoms with E-state index in [9.17, 15) is 22.8 Å². The lowest BCUT2D eigenvalue weighted by Crippen LogP contribution is -2.29. The van der Waals surface area contributed by atoms with Gasteiger partial charge in [0.1, 0.15) is 11.4 Å². The van der Waals surface area contributed by atoms with Crippen LogP contribution < -0.4 is 10.6 Å². The van der Waals surface area contributed by atoms with Gasteiger partial charge in [0.25, 0.3) is 5.91 Å². The van der Waals surface area contributed by atoms with Crippen LogP contribution in [-0.4, -0.2) is 46.8 Å². The fourth-order valence-corrected chi connectivity index (χ4v) is 3.64. The smallest absolute Gasteiger partial charge is 0.433 e. The summed E-state index contributed by atoms with van der Waals surface area (Å²) in [6.45, 7) is 1.75. The summed E-state index contributed by atoms with van der Waals surface area (Å²) in [5.41, 5.74) is -0.938. The van der Waals surface area contributed by atoms with E-state index >= 15 is 0 Å². The highest BCUT2D eigenvalue weighted by Gasteiger charge is 2.33. The van der Waals surface area contributed by atoms with Crippen LogP contribution in [0.4, 0.5) is 18.9 Å². The van der Waals surface area contributed by atoms with E-state index in [-0.39, 0.29) is 17.3 Å². The molecule has 1 aliphatic heterocycles. The van der Waals surface area contributed by atoms with Gasteiger partial charge in [-0.2, -0.15) is 18.3 Å². The number of nitrogens with one attached hydrogen (secondary N) is 2. The predicted octanol–water partition coefficient (Wildman–Crippen LogP) is 3.41. The van der Waals surface area contributed by atoms with Gasteiger partial charge < -0.3 is 15.4 Å². The Labute approximate surface area is 180 Å². The van der Waals surface area contributed by atoms with Crippen molar-refractivity contribution in [1.29, 1.82) is 0 Å². The lowest BCUT2D eigenvalue weighted by atomic mass is 10.1. The minimum absolute atomic E-state index is 0.0379. The van der Waals surface area contributed by atoms with Crippen molar-refractivity contribution in [3.05, 3.63) is 53.5 Å². The molecule has 168 valence electrons. The molecule has 0 saturated carbocycles. The maximum absolute atomic E-state index is 12.9. The Balaban J connectivity index is 1.68. The van der Waals surface area contributed by atoms with Crippen LogP contribution in [0, 0.1) is 0 Å². The molecule has 4 rings (SSSR count). The van der Waals surface area contributed by atoms with Gasteiger partial charge in [-0.15, -0.1) is 0 Å². The first-order valence-corrected chi connectivity index (χ1v) is 9.94. The zero-order valence-electron chi connectivity index (χ0n) is 17.1. The molecule has 0 bridgehead atoms. The number of fused-ring (bicyclic) bond motifs is 1. The van der Waals surface area contributed by atoms with Crippen molar-refractivity contribution in [2.75, 3.05) is 25.5 Å². The van der Waals surface area contributed by atoms with Crippen LogP contribution in [0.2, 0.25) is 0 Å². The monoisotopic (exact) mass is 447 g/mol. The molecule has 0 atom stereocenters. The second kappa shape index (κ2) is 8.58. The minimum Gasteiger partial charge on any atom is -0.465 e. The van der Waals surface area contributed by atoms with Crippen LogP contribution >= 0.6 is 0 Å². The van der Waals surface area contributed by atoms with Crippen molar-refractivity contribution >= 4 is 28.5 Å². The topological polar surface area (TPSA) is 98.1 Å². The number of pyridine rings is 1. The number of hydrogen-bond acceptors (Lipinski definition) is 6. The van der Waals surface area contributed by atoms with Crippen LogP contribution in [0.15, 0.2) is 36.5 Å². The number of hydrogen-bond donors (Lipinski definition) is 2. The number of rotatable bonds is 4. The second-order valence-corrected chi connectivity index (χ2v) is 7.40. The molecule has 2 aromatic heterocycles. The fourth-order valence-electron chi connectivity index (χ4n) is 3.64. The van der Waals surface area contributed by atoms with Gasteiger partial charge in [-0.1, -0.05) is 6.07 Å². The highest BCUT2D eigenvalue weighted by Crippen LogP contribution is 2.29. The van der Waals surface area contributed by atoms with Crippen molar-refractivity contribution in [3.8, 4) is 0 Å². The molecule has 2 N–H and O–H groups in total. The van der Waals surface area contributed by atoms with Crippen molar-refractivity contribution < 1.29 is 27.5 Å². The number of benzene rings is 1. The van der Waals surface area contributed by atoms with Gasteiger partial charge in [0.2, 0.25) is 0 Å². The Bertz CT molecular complexity index is 1170. The maximum atomic E-state index is 12.9. The molecule has 3 heterocycles. The standard InChI is InChI=1S/C21H20F3N5O3/c1-32-20(31)14-10-16-12(11-29(28-16)13-5-7-25-8-6-13)9-17(14)27-19(30)15-3-2-4-18(26-15)21(22,23)24/h2-4,9-11,13,25H,5-8H2,1H3,(H,27,30). The summed E-state index contributed by atoms with van der Waals surface area (Å²) < 4.78 is 45.4. The Hall–Kier alpha value is -3.47. The summed E-state index contributed by atoms with van der Waals surface area (Å²) in [4.78, 5) is 28.3. The number of amides is 1. The zero-order valence-corrected chi connectivity index (χ0v) is 17.1. The quantitative estimate of drug-likeness (QED) is 0.595. The number of esters is 1. The van der Waals surface area contributed by atoms with Crippen molar-refractivity contribution in [2.45, 2.75) is 25.1 Å². The number of halogens is 3. The third-order valence-corrected chi connectivity index (χ3v) is 5.27. The summed E-state index contributed by atoms with van der Waals surface area (Å²) in [5, 5.41) is 11.0. The molecule has 1 saturated heterocycles. The first-order valence-electron chi connectivity index (χ1n) is 9.94. The lowest BCUT2D eigenvalue weighted by Gasteiger charge is -2.22. The zero-order chi connectivity index (χ0) is 22.9. The third kappa shape index (κ3) is 4.42. The number of nitrogens with zero attached hydrogens (tertiary/aromatic N) is 3. The Kier molecular flexibility index (Phi) is 5.83. The van der Waals surface area contributed by atoms with Gasteiger partial charge in [0.05, 0.1) is 29.9 Å². The molecule has 32 heavy (non-hydrogen) atoms. The van der Waals surface area contributed by atoms with Gasteiger partial charge in [-0.05, 0) is 50.2 Å². The van der Waals surface area contributed by atoms with Gasteiger partial charge >= 0.3 is 12.1 Å². The molecule has 0 spiro atoms. The highest BCUT2D eigenvalue weighted by atomic mass is 19.4. The molecular weight excluding hydrogens is 427 g/mol. The van der Waals surface area contributed by atoms with E-state index in [2.05, 4.69) is 20.7 Å². The van der Waals surface area contributed by atoms with E-state index in [0.29, 0.717) is 10.9 Å². The molecule has 0 aliphatic carbocycles. The number of methoxy groups -OCH3 is 1. The number of alkyl halides is 3. The predicted molar refractivity (Wildman–Crippen MR) is 109 cm³/mol. The molecule has 1 fully saturated rings. The largest absolute Gasteiger partial charge is 0.465 e. The summed E-state index contributed by atoms with van der Waals surface area (Å²) in [7, 11) is 1.19. The molecule has 1 amide bonds. The van der Waals surface area contributed by atoms with Gasteiger partial charge in [0.15, 0.2) is 0 Å². The van der Waals surface area contributed by atoms with E-state index in [1.165, 1.54) is 13.2 Å². The minimum atomic E-state index is -4.68. The van der Waals surface area contributed by atoms with Crippen LogP contribution in [0.1, 0.15) is 45.4 Å². The molecule has 3 aromatic rings. The SMILES string of the molecule is COC(=O)c1cc2nn(C3CCNCC3)cc2cc1NC(=O)c1cccc(C(F)(F)F)n1. The molecule has 1 aromatic carbocycles. The molecule has 11 heteroatoms. The molecular formula is C21H20F3N5O3. The molecule has 8 nitrogen and oxygen atoms in total. The average Bonchev–Trinajstić information content (AvgIpc) is 3.21. The number of anilines is 1. The van der Waals surface area contributed by atoms with Crippen LogP contribution in [-0.2, 0) is 10.9 Å². The Morgan fingerprint density at radius 3 is 2.66 bits per heavy atom. The normalized spacial score (nSPS) is 15.0. The summed E-state index contributed by atoms with van der Waals surface area (Å²) in [5.74, 6) is -1.60. The number of aromatic nitrogens is 3. The van der Waals surface area contributed by atoms with Crippen molar-refractivity contribution in [2.24, 2.45) is 0 Å². The number of ether oxygens (including phenoxy) is 1. The van der Waals surface area contributed by atoms with Crippen molar-refractivity contribution in [3.63, 3.8) is 0 Å². The number of carbonyl (C=O) groups is 2. The summed E-state index contributed by atoms with van der Waals surface area (Å²) >= 11 is 0.